The number of alkyl halides is 4. The highest BCUT2D eigenvalue weighted by atomic mass is 32.1. The van der Waals surface area contributed by atoms with Gasteiger partial charge in [-0.3, -0.25) is 9.88 Å². The van der Waals surface area contributed by atoms with Crippen molar-refractivity contribution in [1.82, 2.24) is 24.8 Å². The van der Waals surface area contributed by atoms with Crippen LogP contribution in [0.4, 0.5) is 43.0 Å². The molecule has 18 heteroatoms. The number of nitrogen functional groups attached to an aromatic ring is 2. The highest BCUT2D eigenvalue weighted by Crippen LogP contribution is 2.54. The molecule has 0 radical (unpaired) electrons. The van der Waals surface area contributed by atoms with Gasteiger partial charge in [-0.25, -0.2) is 18.2 Å². The van der Waals surface area contributed by atoms with Gasteiger partial charge in [-0.15, -0.1) is 11.3 Å². The molecule has 0 spiro atoms. The number of nitrogens with two attached hydrogens (primary N) is 2. The number of nitriles is 1. The van der Waals surface area contributed by atoms with Crippen molar-refractivity contribution in [3.63, 3.8) is 0 Å². The SMILES string of the molecule is N#Cc1c(N)sc2c(F)ccc(-c3c(C(F)(F)F)c4c5c(nc(OC[C@@]67CCCN6C[C@H](F)C7)nc5c3F)N([C@H](CCc3ccccn3)c3cccnc3N)CCO4)c12. The Hall–Kier alpha value is -5.93. The minimum atomic E-state index is -5.26. The van der Waals surface area contributed by atoms with Gasteiger partial charge in [0, 0.05) is 47.6 Å². The molecule has 3 aliphatic rings. The van der Waals surface area contributed by atoms with Gasteiger partial charge in [0.1, 0.15) is 64.7 Å². The van der Waals surface area contributed by atoms with Crippen molar-refractivity contribution < 1.29 is 35.8 Å². The third-order valence-corrected chi connectivity index (χ3v) is 12.6. The van der Waals surface area contributed by atoms with Crippen molar-refractivity contribution in [2.45, 2.75) is 56.0 Å². The van der Waals surface area contributed by atoms with Crippen molar-refractivity contribution >= 4 is 49.0 Å². The lowest BCUT2D eigenvalue weighted by Crippen LogP contribution is -2.43. The number of fused-ring (bicyclic) bond motifs is 2. The molecule has 304 valence electrons. The van der Waals surface area contributed by atoms with Crippen LogP contribution >= 0.6 is 11.3 Å². The Morgan fingerprint density at radius 2 is 1.88 bits per heavy atom. The van der Waals surface area contributed by atoms with Crippen LogP contribution < -0.4 is 25.8 Å². The Morgan fingerprint density at radius 1 is 1.05 bits per heavy atom. The van der Waals surface area contributed by atoms with Gasteiger partial charge in [0.05, 0.1) is 33.8 Å². The number of pyridine rings is 2. The Labute approximate surface area is 337 Å². The van der Waals surface area contributed by atoms with Crippen molar-refractivity contribution in [3.05, 3.63) is 88.9 Å². The zero-order valence-electron chi connectivity index (χ0n) is 31.2. The Morgan fingerprint density at radius 3 is 2.64 bits per heavy atom. The van der Waals surface area contributed by atoms with Crippen LogP contribution in [0.3, 0.4) is 0 Å². The van der Waals surface area contributed by atoms with E-state index in [9.17, 15) is 9.65 Å². The van der Waals surface area contributed by atoms with E-state index >= 15 is 22.0 Å². The van der Waals surface area contributed by atoms with Gasteiger partial charge in [-0.05, 0) is 62.1 Å². The summed E-state index contributed by atoms with van der Waals surface area (Å²) in [5, 5.41) is 9.21. The Balaban J connectivity index is 1.31. The van der Waals surface area contributed by atoms with E-state index in [1.165, 1.54) is 6.20 Å². The standard InChI is InChI=1S/C41H35F6N9O2S/c42-21-17-40(11-4-14-55(40)19-21)20-58-39-53-33-30-34(31(41(45,46)47)29(32(33)44)24-8-9-26(43)35-28(24)25(18-48)37(50)59-35)57-16-15-56(38(30)54-39)27(23-6-3-13-52-36(23)49)10-7-22-5-1-2-12-51-22/h1-3,5-6,8-9,12-13,21,27H,4,7,10-11,14-17,19-20,50H2,(H2,49,52)/t21-,27-,40+/m1/s1. The Bertz CT molecular complexity index is 2660. The molecule has 0 unspecified atom stereocenters. The number of aromatic nitrogens is 4. The largest absolute Gasteiger partial charge is 0.490 e. The molecule has 0 bridgehead atoms. The zero-order valence-corrected chi connectivity index (χ0v) is 32.0. The third-order valence-electron chi connectivity index (χ3n) is 11.6. The van der Waals surface area contributed by atoms with Crippen LogP contribution in [0.1, 0.15) is 54.1 Å². The van der Waals surface area contributed by atoms with Gasteiger partial charge in [0.15, 0.2) is 5.82 Å². The number of benzene rings is 2. The van der Waals surface area contributed by atoms with Crippen LogP contribution in [-0.4, -0.2) is 69.4 Å². The summed E-state index contributed by atoms with van der Waals surface area (Å²) >= 11 is 0.665. The molecule has 7 heterocycles. The zero-order chi connectivity index (χ0) is 41.2. The fourth-order valence-electron chi connectivity index (χ4n) is 9.04. The molecule has 6 aromatic rings. The number of halogens is 6. The van der Waals surface area contributed by atoms with Gasteiger partial charge < -0.3 is 25.8 Å². The number of hydrogen-bond acceptors (Lipinski definition) is 12. The third kappa shape index (κ3) is 6.56. The molecule has 11 nitrogen and oxygen atoms in total. The highest BCUT2D eigenvalue weighted by molar-refractivity contribution is 7.23. The van der Waals surface area contributed by atoms with E-state index in [4.69, 9.17) is 25.9 Å². The second-order valence-corrected chi connectivity index (χ2v) is 16.0. The first-order valence-corrected chi connectivity index (χ1v) is 19.8. The van der Waals surface area contributed by atoms with E-state index in [1.54, 1.807) is 29.3 Å². The summed E-state index contributed by atoms with van der Waals surface area (Å²) < 4.78 is 107. The lowest BCUT2D eigenvalue weighted by atomic mass is 9.91. The van der Waals surface area contributed by atoms with E-state index < -0.39 is 63.5 Å². The monoisotopic (exact) mass is 831 g/mol. The maximum atomic E-state index is 17.7. The van der Waals surface area contributed by atoms with Gasteiger partial charge in [0.2, 0.25) is 0 Å². The number of thiophene rings is 1. The molecule has 2 aromatic carbocycles. The summed E-state index contributed by atoms with van der Waals surface area (Å²) in [5.41, 5.74) is 9.28. The summed E-state index contributed by atoms with van der Waals surface area (Å²) in [4.78, 5) is 21.6. The lowest BCUT2D eigenvalue weighted by Gasteiger charge is -2.33. The molecule has 0 amide bonds. The smallest absolute Gasteiger partial charge is 0.420 e. The molecule has 59 heavy (non-hydrogen) atoms. The number of nitrogens with zero attached hydrogens (tertiary/aromatic N) is 7. The number of aryl methyl sites for hydroxylation is 1. The molecule has 0 aliphatic carbocycles. The summed E-state index contributed by atoms with van der Waals surface area (Å²) in [5.74, 6) is -3.01. The normalized spacial score (nSPS) is 19.7. The molecule has 3 atom stereocenters. The first kappa shape index (κ1) is 38.6. The molecule has 4 N–H and O–H groups in total. The fourth-order valence-corrected chi connectivity index (χ4v) is 9.99. The van der Waals surface area contributed by atoms with E-state index in [-0.39, 0.29) is 76.4 Å². The number of anilines is 3. The highest BCUT2D eigenvalue weighted by Gasteiger charge is 2.50. The van der Waals surface area contributed by atoms with E-state index in [2.05, 4.69) is 15.0 Å². The van der Waals surface area contributed by atoms with Gasteiger partial charge in [-0.1, -0.05) is 18.2 Å². The molecular weight excluding hydrogens is 797 g/mol. The van der Waals surface area contributed by atoms with E-state index in [1.807, 2.05) is 23.1 Å². The number of hydrogen-bond donors (Lipinski definition) is 2. The average molecular weight is 832 g/mol. The average Bonchev–Trinajstić information content (AvgIpc) is 3.82. The van der Waals surface area contributed by atoms with Crippen LogP contribution in [0, 0.1) is 23.0 Å². The molecule has 3 aliphatic heterocycles. The molecular formula is C41H35F6N9O2S. The maximum absolute atomic E-state index is 17.7. The first-order chi connectivity index (χ1) is 28.4. The predicted octanol–water partition coefficient (Wildman–Crippen LogP) is 8.16. The van der Waals surface area contributed by atoms with Crippen LogP contribution in [0.2, 0.25) is 0 Å². The summed E-state index contributed by atoms with van der Waals surface area (Å²) in [6.07, 6.45) is -0.834. The van der Waals surface area contributed by atoms with Crippen molar-refractivity contribution in [2.24, 2.45) is 0 Å². The fraction of sp³-hybridized carbons (Fsp3) is 0.341. The van der Waals surface area contributed by atoms with Gasteiger partial charge in [0.25, 0.3) is 0 Å². The molecule has 0 saturated carbocycles. The van der Waals surface area contributed by atoms with Crippen LogP contribution in [0.5, 0.6) is 11.8 Å². The predicted molar refractivity (Wildman–Crippen MR) is 210 cm³/mol. The molecule has 2 saturated heterocycles. The Kier molecular flexibility index (Phi) is 9.62. The molecule has 4 aromatic heterocycles. The van der Waals surface area contributed by atoms with Crippen molar-refractivity contribution in [2.75, 3.05) is 49.2 Å². The second-order valence-electron chi connectivity index (χ2n) is 15.0. The summed E-state index contributed by atoms with van der Waals surface area (Å²) in [6, 6.07) is 11.5. The minimum absolute atomic E-state index is 0.0581. The van der Waals surface area contributed by atoms with Gasteiger partial charge in [-0.2, -0.15) is 28.4 Å². The second kappa shape index (κ2) is 14.7. The number of rotatable bonds is 9. The van der Waals surface area contributed by atoms with Crippen molar-refractivity contribution in [3.8, 4) is 29.0 Å². The topological polar surface area (TPSA) is 152 Å². The summed E-state index contributed by atoms with van der Waals surface area (Å²) in [7, 11) is 0. The van der Waals surface area contributed by atoms with Crippen LogP contribution in [-0.2, 0) is 12.6 Å². The molecule has 2 fully saturated rings. The van der Waals surface area contributed by atoms with E-state index in [0.29, 0.717) is 42.7 Å². The van der Waals surface area contributed by atoms with E-state index in [0.717, 1.165) is 24.2 Å². The lowest BCUT2D eigenvalue weighted by molar-refractivity contribution is -0.138. The minimum Gasteiger partial charge on any atom is -0.490 e. The number of ether oxygens (including phenoxy) is 2. The maximum Gasteiger partial charge on any atom is 0.420 e. The first-order valence-electron chi connectivity index (χ1n) is 19.0. The van der Waals surface area contributed by atoms with Gasteiger partial charge >= 0.3 is 12.2 Å². The van der Waals surface area contributed by atoms with Crippen LogP contribution in [0.25, 0.3) is 32.1 Å². The van der Waals surface area contributed by atoms with Crippen LogP contribution in [0.15, 0.2) is 54.9 Å². The molecule has 9 rings (SSSR count). The summed E-state index contributed by atoms with van der Waals surface area (Å²) in [6.45, 7) is 0.438. The van der Waals surface area contributed by atoms with Crippen molar-refractivity contribution in [1.29, 1.82) is 5.26 Å². The quantitative estimate of drug-likeness (QED) is 0.136.